The number of aryl methyl sites for hydroxylation is 1. The average molecular weight is 277 g/mol. The number of amides is 1. The number of nitrogens with one attached hydrogen (secondary N) is 1. The van der Waals surface area contributed by atoms with Gasteiger partial charge < -0.3 is 9.88 Å². The molecule has 7 heteroatoms. The fourth-order valence-corrected chi connectivity index (χ4v) is 1.70. The van der Waals surface area contributed by atoms with Crippen molar-refractivity contribution in [3.8, 4) is 0 Å². The lowest BCUT2D eigenvalue weighted by molar-refractivity contribution is 0.102. The Morgan fingerprint density at radius 1 is 1.15 bits per heavy atom. The number of hydrogen-bond acceptors (Lipinski definition) is 3. The molecule has 1 N–H and O–H groups in total. The number of carbonyl (C=O) groups is 1. The van der Waals surface area contributed by atoms with E-state index in [1.54, 1.807) is 0 Å². The first kappa shape index (κ1) is 13.7. The van der Waals surface area contributed by atoms with Gasteiger partial charge >= 0.3 is 5.69 Å². The summed E-state index contributed by atoms with van der Waals surface area (Å²) >= 11 is 0. The van der Waals surface area contributed by atoms with Gasteiger partial charge in [-0.05, 0) is 24.3 Å². The highest BCUT2D eigenvalue weighted by Gasteiger charge is 2.14. The minimum absolute atomic E-state index is 0.168. The van der Waals surface area contributed by atoms with Crippen molar-refractivity contribution < 1.29 is 9.18 Å². The summed E-state index contributed by atoms with van der Waals surface area (Å²) in [4.78, 5) is 35.4. The normalized spacial score (nSPS) is 10.3. The summed E-state index contributed by atoms with van der Waals surface area (Å²) < 4.78 is 14.7. The lowest BCUT2D eigenvalue weighted by Crippen LogP contribution is -2.40. The van der Waals surface area contributed by atoms with E-state index in [0.717, 1.165) is 9.13 Å². The molecule has 0 aliphatic rings. The quantitative estimate of drug-likeness (QED) is 0.867. The van der Waals surface area contributed by atoms with Crippen LogP contribution in [0.4, 0.5) is 10.1 Å². The van der Waals surface area contributed by atoms with Crippen molar-refractivity contribution in [3.63, 3.8) is 0 Å². The van der Waals surface area contributed by atoms with Gasteiger partial charge in [0.15, 0.2) is 0 Å². The smallest absolute Gasteiger partial charge is 0.322 e. The summed E-state index contributed by atoms with van der Waals surface area (Å²) in [7, 11) is 2.73. The van der Waals surface area contributed by atoms with E-state index in [4.69, 9.17) is 0 Å². The molecule has 2 rings (SSSR count). The number of benzene rings is 1. The maximum Gasteiger partial charge on any atom is 0.330 e. The number of anilines is 1. The van der Waals surface area contributed by atoms with Gasteiger partial charge in [0.05, 0.1) is 0 Å². The molecule has 0 spiro atoms. The Kier molecular flexibility index (Phi) is 3.51. The van der Waals surface area contributed by atoms with Gasteiger partial charge in [0, 0.05) is 26.0 Å². The summed E-state index contributed by atoms with van der Waals surface area (Å²) in [5.41, 5.74) is -1.02. The first-order valence-corrected chi connectivity index (χ1v) is 5.73. The highest BCUT2D eigenvalue weighted by Crippen LogP contribution is 2.09. The number of nitrogens with zero attached hydrogens (tertiary/aromatic N) is 2. The zero-order chi connectivity index (χ0) is 14.9. The highest BCUT2D eigenvalue weighted by molar-refractivity contribution is 6.03. The van der Waals surface area contributed by atoms with Crippen LogP contribution in [-0.4, -0.2) is 15.0 Å². The van der Waals surface area contributed by atoms with E-state index in [0.29, 0.717) is 5.69 Å². The Morgan fingerprint density at radius 2 is 1.75 bits per heavy atom. The molecule has 0 fully saturated rings. The number of hydrogen-bond donors (Lipinski definition) is 1. The molecule has 0 atom stereocenters. The second-order valence-electron chi connectivity index (χ2n) is 4.26. The lowest BCUT2D eigenvalue weighted by atomic mass is 10.2. The highest BCUT2D eigenvalue weighted by atomic mass is 19.1. The van der Waals surface area contributed by atoms with Crippen molar-refractivity contribution in [2.24, 2.45) is 14.1 Å². The Bertz CT molecular complexity index is 775. The molecule has 0 bridgehead atoms. The van der Waals surface area contributed by atoms with Crippen molar-refractivity contribution in [1.82, 2.24) is 9.13 Å². The minimum atomic E-state index is -0.687. The molecule has 1 aromatic heterocycles. The third-order valence-corrected chi connectivity index (χ3v) is 2.79. The van der Waals surface area contributed by atoms with Gasteiger partial charge in [-0.1, -0.05) is 0 Å². The molecule has 0 unspecified atom stereocenters. The predicted molar refractivity (Wildman–Crippen MR) is 71.3 cm³/mol. The molecular formula is C13H12FN3O3. The molecule has 0 saturated heterocycles. The summed E-state index contributed by atoms with van der Waals surface area (Å²) in [6.07, 6.45) is 1.17. The summed E-state index contributed by atoms with van der Waals surface area (Å²) in [5.74, 6) is -1.09. The largest absolute Gasteiger partial charge is 0.330 e. The summed E-state index contributed by atoms with van der Waals surface area (Å²) in [6.45, 7) is 0. The maximum absolute atomic E-state index is 12.8. The third kappa shape index (κ3) is 2.51. The van der Waals surface area contributed by atoms with Crippen molar-refractivity contribution in [1.29, 1.82) is 0 Å². The van der Waals surface area contributed by atoms with Gasteiger partial charge in [0.2, 0.25) is 0 Å². The first-order chi connectivity index (χ1) is 9.40. The van der Waals surface area contributed by atoms with Crippen LogP contribution in [0.2, 0.25) is 0 Å². The van der Waals surface area contributed by atoms with E-state index < -0.39 is 23.0 Å². The standard InChI is InChI=1S/C13H12FN3O3/c1-16-7-10(12(19)17(2)13(16)20)11(18)15-9-5-3-8(14)4-6-9/h3-7H,1-2H3,(H,15,18). The first-order valence-electron chi connectivity index (χ1n) is 5.73. The van der Waals surface area contributed by atoms with Crippen molar-refractivity contribution in [2.45, 2.75) is 0 Å². The second-order valence-corrected chi connectivity index (χ2v) is 4.26. The maximum atomic E-state index is 12.8. The zero-order valence-electron chi connectivity index (χ0n) is 10.9. The number of halogens is 1. The van der Waals surface area contributed by atoms with E-state index in [2.05, 4.69) is 5.32 Å². The van der Waals surface area contributed by atoms with Crippen LogP contribution in [0, 0.1) is 5.82 Å². The second kappa shape index (κ2) is 5.12. The van der Waals surface area contributed by atoms with Crippen LogP contribution in [0.3, 0.4) is 0 Å². The van der Waals surface area contributed by atoms with Gasteiger partial charge in [0.25, 0.3) is 11.5 Å². The van der Waals surface area contributed by atoms with Crippen LogP contribution >= 0.6 is 0 Å². The van der Waals surface area contributed by atoms with Crippen molar-refractivity contribution >= 4 is 11.6 Å². The third-order valence-electron chi connectivity index (χ3n) is 2.79. The number of aromatic nitrogens is 2. The molecule has 0 radical (unpaired) electrons. The molecule has 1 aromatic carbocycles. The Hall–Kier alpha value is -2.70. The van der Waals surface area contributed by atoms with Crippen LogP contribution in [0.15, 0.2) is 40.1 Å². The molecule has 1 heterocycles. The summed E-state index contributed by atoms with van der Waals surface area (Å²) in [6, 6.07) is 5.13. The SMILES string of the molecule is Cn1cc(C(=O)Nc2ccc(F)cc2)c(=O)n(C)c1=O. The molecule has 104 valence electrons. The van der Waals surface area contributed by atoms with Crippen LogP contribution < -0.4 is 16.6 Å². The molecule has 0 saturated carbocycles. The Morgan fingerprint density at radius 3 is 2.35 bits per heavy atom. The zero-order valence-corrected chi connectivity index (χ0v) is 10.9. The molecule has 0 aliphatic carbocycles. The van der Waals surface area contributed by atoms with E-state index in [1.165, 1.54) is 44.6 Å². The van der Waals surface area contributed by atoms with Gasteiger partial charge in [0.1, 0.15) is 11.4 Å². The van der Waals surface area contributed by atoms with Crippen molar-refractivity contribution in [3.05, 3.63) is 62.7 Å². The average Bonchev–Trinajstić information content (AvgIpc) is 2.43. The van der Waals surface area contributed by atoms with E-state index >= 15 is 0 Å². The van der Waals surface area contributed by atoms with Gasteiger partial charge in [-0.3, -0.25) is 14.2 Å². The van der Waals surface area contributed by atoms with Gasteiger partial charge in [-0.15, -0.1) is 0 Å². The predicted octanol–water partition coefficient (Wildman–Crippen LogP) is 0.475. The van der Waals surface area contributed by atoms with Crippen molar-refractivity contribution in [2.75, 3.05) is 5.32 Å². The van der Waals surface area contributed by atoms with E-state index in [9.17, 15) is 18.8 Å². The fourth-order valence-electron chi connectivity index (χ4n) is 1.70. The minimum Gasteiger partial charge on any atom is -0.322 e. The topological polar surface area (TPSA) is 73.1 Å². The fraction of sp³-hybridized carbons (Fsp3) is 0.154. The molecule has 1 amide bonds. The Labute approximate surface area is 113 Å². The molecule has 0 aliphatic heterocycles. The van der Waals surface area contributed by atoms with Gasteiger partial charge in [-0.25, -0.2) is 9.18 Å². The van der Waals surface area contributed by atoms with Crippen LogP contribution in [0.1, 0.15) is 10.4 Å². The van der Waals surface area contributed by atoms with Gasteiger partial charge in [-0.2, -0.15) is 0 Å². The molecule has 2 aromatic rings. The van der Waals surface area contributed by atoms with Crippen LogP contribution in [0.5, 0.6) is 0 Å². The number of rotatable bonds is 2. The Balaban J connectivity index is 2.37. The van der Waals surface area contributed by atoms with Crippen LogP contribution in [-0.2, 0) is 14.1 Å². The lowest BCUT2D eigenvalue weighted by Gasteiger charge is -2.07. The van der Waals surface area contributed by atoms with Crippen LogP contribution in [0.25, 0.3) is 0 Å². The molecule has 6 nitrogen and oxygen atoms in total. The summed E-state index contributed by atoms with van der Waals surface area (Å²) in [5, 5.41) is 2.47. The number of carbonyl (C=O) groups excluding carboxylic acids is 1. The van der Waals surface area contributed by atoms with E-state index in [1.807, 2.05) is 0 Å². The van der Waals surface area contributed by atoms with E-state index in [-0.39, 0.29) is 5.56 Å². The molecular weight excluding hydrogens is 265 g/mol. The molecule has 20 heavy (non-hydrogen) atoms. The monoisotopic (exact) mass is 277 g/mol.